The van der Waals surface area contributed by atoms with Crippen molar-refractivity contribution in [2.24, 2.45) is 5.92 Å². The molecule has 0 saturated heterocycles. The largest absolute Gasteiger partial charge is 0.468 e. The lowest BCUT2D eigenvalue weighted by atomic mass is 10.1. The molecule has 0 aromatic heterocycles. The topological polar surface area (TPSA) is 109 Å². The Morgan fingerprint density at radius 3 is 2.61 bits per heavy atom. The van der Waals surface area contributed by atoms with Crippen LogP contribution in [0.15, 0.2) is 0 Å². The van der Waals surface area contributed by atoms with Crippen molar-refractivity contribution in [2.75, 3.05) is 13.7 Å². The Hall–Kier alpha value is -0.930. The van der Waals surface area contributed by atoms with Crippen LogP contribution in [0.1, 0.15) is 26.7 Å². The van der Waals surface area contributed by atoms with E-state index in [4.69, 9.17) is 5.26 Å². The molecule has 2 atom stereocenters. The minimum Gasteiger partial charge on any atom is -0.468 e. The first-order valence-corrected chi connectivity index (χ1v) is 7.10. The number of carbonyl (C=O) groups is 1. The molecule has 0 aliphatic rings. The highest BCUT2D eigenvalue weighted by atomic mass is 31.2. The summed E-state index contributed by atoms with van der Waals surface area (Å²) in [5, 5.41) is 10.5. The molecular formula is C10H19N2O5P. The predicted octanol–water partition coefficient (Wildman–Crippen LogP) is 1.19. The standard InChI is InChI=1S/C10H19N2O5P/c1-8(2)7-9(10(13)16-3)12-18(14,15)17-6-4-5-11/h8-9H,4,6-7H2,1-3H3,(H2,12,14,15). The van der Waals surface area contributed by atoms with Crippen molar-refractivity contribution in [3.63, 3.8) is 0 Å². The first-order valence-electron chi connectivity index (χ1n) is 5.52. The SMILES string of the molecule is COC(=O)C(CC(C)C)NP(=O)(O)OCCC#N. The van der Waals surface area contributed by atoms with Gasteiger partial charge in [-0.25, -0.2) is 9.65 Å². The zero-order valence-corrected chi connectivity index (χ0v) is 11.6. The third-order valence-electron chi connectivity index (χ3n) is 1.99. The average molecular weight is 278 g/mol. The summed E-state index contributed by atoms with van der Waals surface area (Å²) in [6.45, 7) is 3.57. The van der Waals surface area contributed by atoms with Crippen molar-refractivity contribution in [1.82, 2.24) is 5.09 Å². The molecule has 0 aliphatic heterocycles. The molecular weight excluding hydrogens is 259 g/mol. The molecule has 0 aromatic rings. The van der Waals surface area contributed by atoms with Gasteiger partial charge in [-0.15, -0.1) is 0 Å². The van der Waals surface area contributed by atoms with Crippen molar-refractivity contribution in [1.29, 1.82) is 5.26 Å². The van der Waals surface area contributed by atoms with E-state index in [9.17, 15) is 14.3 Å². The van der Waals surface area contributed by atoms with Gasteiger partial charge in [0.15, 0.2) is 0 Å². The van der Waals surface area contributed by atoms with E-state index in [1.807, 2.05) is 13.8 Å². The molecule has 0 rings (SSSR count). The third kappa shape index (κ3) is 7.41. The second-order valence-corrected chi connectivity index (χ2v) is 5.65. The van der Waals surface area contributed by atoms with Gasteiger partial charge >= 0.3 is 13.7 Å². The Kier molecular flexibility index (Phi) is 7.80. The van der Waals surface area contributed by atoms with E-state index in [0.29, 0.717) is 6.42 Å². The molecule has 0 aromatic carbocycles. The summed E-state index contributed by atoms with van der Waals surface area (Å²) in [7, 11) is -2.90. The number of nitrogens with zero attached hydrogens (tertiary/aromatic N) is 1. The highest BCUT2D eigenvalue weighted by Gasteiger charge is 2.30. The van der Waals surface area contributed by atoms with Crippen LogP contribution in [-0.4, -0.2) is 30.6 Å². The van der Waals surface area contributed by atoms with Gasteiger partial charge in [-0.1, -0.05) is 13.8 Å². The van der Waals surface area contributed by atoms with Crippen LogP contribution in [0.25, 0.3) is 0 Å². The molecule has 0 spiro atoms. The third-order valence-corrected chi connectivity index (χ3v) is 3.16. The number of rotatable bonds is 8. The van der Waals surface area contributed by atoms with E-state index in [0.717, 1.165) is 0 Å². The first-order chi connectivity index (χ1) is 8.32. The molecule has 8 heteroatoms. The molecule has 0 aliphatic carbocycles. The Labute approximate surface area is 107 Å². The smallest absolute Gasteiger partial charge is 0.403 e. The van der Waals surface area contributed by atoms with Gasteiger partial charge in [0.05, 0.1) is 26.2 Å². The van der Waals surface area contributed by atoms with Crippen LogP contribution in [0.4, 0.5) is 0 Å². The highest BCUT2D eigenvalue weighted by Crippen LogP contribution is 2.38. The number of ether oxygens (including phenoxy) is 1. The van der Waals surface area contributed by atoms with Crippen LogP contribution < -0.4 is 5.09 Å². The van der Waals surface area contributed by atoms with E-state index < -0.39 is 19.8 Å². The molecule has 0 fully saturated rings. The van der Waals surface area contributed by atoms with Gasteiger partial charge in [0.1, 0.15) is 6.04 Å². The van der Waals surface area contributed by atoms with Crippen molar-refractivity contribution < 1.29 is 23.5 Å². The number of nitrogens with one attached hydrogen (secondary N) is 1. The Morgan fingerprint density at radius 2 is 2.17 bits per heavy atom. The van der Waals surface area contributed by atoms with Crippen LogP contribution in [0.3, 0.4) is 0 Å². The molecule has 0 heterocycles. The molecule has 0 saturated carbocycles. The van der Waals surface area contributed by atoms with Gasteiger partial charge in [-0.2, -0.15) is 5.26 Å². The van der Waals surface area contributed by atoms with Gasteiger partial charge in [0.25, 0.3) is 0 Å². The predicted molar refractivity (Wildman–Crippen MR) is 64.4 cm³/mol. The van der Waals surface area contributed by atoms with Gasteiger partial charge < -0.3 is 9.63 Å². The zero-order valence-electron chi connectivity index (χ0n) is 10.8. The summed E-state index contributed by atoms with van der Waals surface area (Å²) in [6.07, 6.45) is 0.345. The Bertz CT molecular complexity index is 353. The number of hydrogen-bond acceptors (Lipinski definition) is 5. The second kappa shape index (κ2) is 8.22. The molecule has 7 nitrogen and oxygen atoms in total. The number of esters is 1. The van der Waals surface area contributed by atoms with E-state index in [-0.39, 0.29) is 18.9 Å². The Morgan fingerprint density at radius 1 is 1.56 bits per heavy atom. The fourth-order valence-corrected chi connectivity index (χ4v) is 2.28. The van der Waals surface area contributed by atoms with E-state index in [1.165, 1.54) is 7.11 Å². The van der Waals surface area contributed by atoms with Crippen LogP contribution in [0.2, 0.25) is 0 Å². The van der Waals surface area contributed by atoms with Crippen molar-refractivity contribution in [2.45, 2.75) is 32.7 Å². The van der Waals surface area contributed by atoms with Crippen molar-refractivity contribution in [3.8, 4) is 6.07 Å². The lowest BCUT2D eigenvalue weighted by molar-refractivity contribution is -0.143. The molecule has 0 radical (unpaired) electrons. The summed E-state index contributed by atoms with van der Waals surface area (Å²) >= 11 is 0. The van der Waals surface area contributed by atoms with E-state index >= 15 is 0 Å². The number of methoxy groups -OCH3 is 1. The summed E-state index contributed by atoms with van der Waals surface area (Å²) < 4.78 is 20.8. The van der Waals surface area contributed by atoms with E-state index in [2.05, 4.69) is 14.3 Å². The maximum Gasteiger partial charge on any atom is 0.403 e. The monoisotopic (exact) mass is 278 g/mol. The molecule has 0 amide bonds. The van der Waals surface area contributed by atoms with Gasteiger partial charge in [0, 0.05) is 0 Å². The van der Waals surface area contributed by atoms with Crippen LogP contribution in [0.5, 0.6) is 0 Å². The number of hydrogen-bond donors (Lipinski definition) is 2. The van der Waals surface area contributed by atoms with Gasteiger partial charge in [0.2, 0.25) is 0 Å². The van der Waals surface area contributed by atoms with E-state index in [1.54, 1.807) is 6.07 Å². The number of nitriles is 1. The molecule has 2 N–H and O–H groups in total. The van der Waals surface area contributed by atoms with Crippen molar-refractivity contribution in [3.05, 3.63) is 0 Å². The summed E-state index contributed by atoms with van der Waals surface area (Å²) in [6, 6.07) is 0.874. The summed E-state index contributed by atoms with van der Waals surface area (Å²) in [5.41, 5.74) is 0. The normalized spacial score (nSPS) is 15.8. The second-order valence-electron chi connectivity index (χ2n) is 4.10. The van der Waals surface area contributed by atoms with Crippen LogP contribution in [0, 0.1) is 17.2 Å². The minimum atomic E-state index is -4.10. The summed E-state index contributed by atoms with van der Waals surface area (Å²) in [4.78, 5) is 20.9. The number of carbonyl (C=O) groups excluding carboxylic acids is 1. The van der Waals surface area contributed by atoms with Crippen LogP contribution in [-0.2, 0) is 18.6 Å². The summed E-state index contributed by atoms with van der Waals surface area (Å²) in [5.74, 6) is -0.484. The average Bonchev–Trinajstić information content (AvgIpc) is 2.26. The highest BCUT2D eigenvalue weighted by molar-refractivity contribution is 7.50. The lowest BCUT2D eigenvalue weighted by Crippen LogP contribution is -2.37. The van der Waals surface area contributed by atoms with Gasteiger partial charge in [-0.05, 0) is 12.3 Å². The molecule has 2 unspecified atom stereocenters. The zero-order chi connectivity index (χ0) is 14.2. The molecule has 0 bridgehead atoms. The van der Waals surface area contributed by atoms with Gasteiger partial charge in [-0.3, -0.25) is 9.32 Å². The lowest BCUT2D eigenvalue weighted by Gasteiger charge is -2.21. The fourth-order valence-electron chi connectivity index (χ4n) is 1.26. The quantitative estimate of drug-likeness (QED) is 0.390. The Balaban J connectivity index is 4.50. The van der Waals surface area contributed by atoms with Crippen molar-refractivity contribution >= 4 is 13.7 Å². The maximum atomic E-state index is 11.6. The van der Waals surface area contributed by atoms with Crippen LogP contribution >= 0.6 is 7.75 Å². The molecule has 18 heavy (non-hydrogen) atoms. The molecule has 104 valence electrons. The maximum absolute atomic E-state index is 11.6. The minimum absolute atomic E-state index is 0.000693. The fraction of sp³-hybridized carbons (Fsp3) is 0.800. The first kappa shape index (κ1) is 17.1.